The number of piperazine rings is 1. The Hall–Kier alpha value is -2.57. The van der Waals surface area contributed by atoms with Gasteiger partial charge in [-0.15, -0.1) is 0 Å². The number of amides is 2. The van der Waals surface area contributed by atoms with E-state index in [1.165, 1.54) is 4.90 Å². The Balaban J connectivity index is 2.04. The minimum absolute atomic E-state index is 0.00995. The van der Waals surface area contributed by atoms with Crippen molar-refractivity contribution in [3.63, 3.8) is 0 Å². The van der Waals surface area contributed by atoms with E-state index in [4.69, 9.17) is 4.74 Å². The van der Waals surface area contributed by atoms with Crippen LogP contribution in [0.4, 0.5) is 9.59 Å². The first kappa shape index (κ1) is 18.8. The summed E-state index contributed by atoms with van der Waals surface area (Å²) in [5, 5.41) is 9.34. The molecule has 25 heavy (non-hydrogen) atoms. The van der Waals surface area contributed by atoms with Crippen molar-refractivity contribution in [2.75, 3.05) is 19.6 Å². The van der Waals surface area contributed by atoms with Gasteiger partial charge in [-0.1, -0.05) is 51.1 Å². The van der Waals surface area contributed by atoms with Gasteiger partial charge in [0.05, 0.1) is 6.54 Å². The fraction of sp³-hybridized carbons (Fsp3) is 0.500. The van der Waals surface area contributed by atoms with Crippen LogP contribution in [-0.4, -0.2) is 58.6 Å². The lowest BCUT2D eigenvalue weighted by Crippen LogP contribution is -2.60. The second-order valence-corrected chi connectivity index (χ2v) is 7.09. The number of hydrogen-bond donors (Lipinski definition) is 1. The predicted molar refractivity (Wildman–Crippen MR) is 91.2 cm³/mol. The largest absolute Gasteiger partial charge is 0.465 e. The molecule has 2 rings (SSSR count). The van der Waals surface area contributed by atoms with Crippen LogP contribution in [0.2, 0.25) is 0 Å². The highest BCUT2D eigenvalue weighted by molar-refractivity contribution is 5.92. The smallest absolute Gasteiger partial charge is 0.410 e. The van der Waals surface area contributed by atoms with Crippen molar-refractivity contribution in [2.24, 2.45) is 5.41 Å². The number of benzene rings is 1. The van der Waals surface area contributed by atoms with Gasteiger partial charge in [0.25, 0.3) is 0 Å². The fourth-order valence-corrected chi connectivity index (χ4v) is 2.71. The lowest BCUT2D eigenvalue weighted by molar-refractivity contribution is -0.133. The number of hydrogen-bond acceptors (Lipinski definition) is 4. The lowest BCUT2D eigenvalue weighted by atomic mass is 9.85. The van der Waals surface area contributed by atoms with E-state index in [0.717, 1.165) is 10.5 Å². The number of nitrogens with zero attached hydrogens (tertiary/aromatic N) is 2. The summed E-state index contributed by atoms with van der Waals surface area (Å²) in [6.45, 7) is 5.65. The van der Waals surface area contributed by atoms with Gasteiger partial charge in [-0.05, 0) is 5.56 Å². The van der Waals surface area contributed by atoms with Gasteiger partial charge in [0.15, 0.2) is 5.78 Å². The van der Waals surface area contributed by atoms with Gasteiger partial charge in [0, 0.05) is 18.5 Å². The summed E-state index contributed by atoms with van der Waals surface area (Å²) in [5.41, 5.74) is 0.164. The Kier molecular flexibility index (Phi) is 5.66. The number of carboxylic acid groups (broad SMARTS) is 1. The second kappa shape index (κ2) is 7.55. The number of ketones is 1. The average Bonchev–Trinajstić information content (AvgIpc) is 2.58. The topological polar surface area (TPSA) is 87.2 Å². The summed E-state index contributed by atoms with van der Waals surface area (Å²) < 4.78 is 5.29. The van der Waals surface area contributed by atoms with E-state index in [-0.39, 0.29) is 32.0 Å². The summed E-state index contributed by atoms with van der Waals surface area (Å²) in [5.74, 6) is -0.213. The van der Waals surface area contributed by atoms with Crippen LogP contribution in [0, 0.1) is 5.41 Å². The number of Topliss-reactive ketones (excluding diaryl/α,β-unsaturated/α-hetero) is 1. The van der Waals surface area contributed by atoms with Crippen molar-refractivity contribution < 1.29 is 24.2 Å². The molecule has 1 aromatic rings. The normalized spacial score (nSPS) is 18.0. The molecule has 2 amide bonds. The quantitative estimate of drug-likeness (QED) is 0.907. The standard InChI is InChI=1S/C18H24N2O5/c1-18(2,3)15(21)14-11-19(9-10-20(14)16(22)23)17(24)25-12-13-7-5-4-6-8-13/h4-8,14H,9-12H2,1-3H3,(H,22,23). The Bertz CT molecular complexity index is 639. The maximum atomic E-state index is 12.6. The maximum absolute atomic E-state index is 12.6. The van der Waals surface area contributed by atoms with Crippen molar-refractivity contribution in [2.45, 2.75) is 33.4 Å². The van der Waals surface area contributed by atoms with Gasteiger partial charge >= 0.3 is 12.2 Å². The molecule has 0 radical (unpaired) electrons. The fourth-order valence-electron chi connectivity index (χ4n) is 2.71. The van der Waals surface area contributed by atoms with Gasteiger partial charge in [0.2, 0.25) is 0 Å². The SMILES string of the molecule is CC(C)(C)C(=O)C1CN(C(=O)OCc2ccccc2)CCN1C(=O)O. The zero-order chi connectivity index (χ0) is 18.6. The first-order chi connectivity index (χ1) is 11.7. The molecular weight excluding hydrogens is 324 g/mol. The van der Waals surface area contributed by atoms with Crippen LogP contribution in [0.15, 0.2) is 30.3 Å². The first-order valence-electron chi connectivity index (χ1n) is 8.19. The monoisotopic (exact) mass is 348 g/mol. The molecule has 1 unspecified atom stereocenters. The molecule has 1 N–H and O–H groups in total. The molecule has 7 nitrogen and oxygen atoms in total. The number of carbonyl (C=O) groups excluding carboxylic acids is 2. The molecule has 1 aliphatic heterocycles. The summed E-state index contributed by atoms with van der Waals surface area (Å²) in [6.07, 6.45) is -1.69. The van der Waals surface area contributed by atoms with Gasteiger partial charge in [0.1, 0.15) is 12.6 Å². The third-order valence-electron chi connectivity index (χ3n) is 4.13. The van der Waals surface area contributed by atoms with E-state index in [9.17, 15) is 19.5 Å². The third-order valence-corrected chi connectivity index (χ3v) is 4.13. The molecule has 0 bridgehead atoms. The number of ether oxygens (including phenoxy) is 1. The van der Waals surface area contributed by atoms with Crippen LogP contribution >= 0.6 is 0 Å². The average molecular weight is 348 g/mol. The molecule has 1 saturated heterocycles. The predicted octanol–water partition coefficient (Wildman–Crippen LogP) is 2.60. The Morgan fingerprint density at radius 3 is 2.36 bits per heavy atom. The van der Waals surface area contributed by atoms with Crippen molar-refractivity contribution in [1.82, 2.24) is 9.80 Å². The molecule has 0 saturated carbocycles. The third kappa shape index (κ3) is 4.71. The molecule has 1 aliphatic rings. The second-order valence-electron chi connectivity index (χ2n) is 7.09. The minimum Gasteiger partial charge on any atom is -0.465 e. The summed E-state index contributed by atoms with van der Waals surface area (Å²) in [4.78, 5) is 38.8. The van der Waals surface area contributed by atoms with Crippen molar-refractivity contribution in [1.29, 1.82) is 0 Å². The molecule has 0 aromatic heterocycles. The van der Waals surface area contributed by atoms with Crippen LogP contribution in [0.3, 0.4) is 0 Å². The maximum Gasteiger partial charge on any atom is 0.410 e. The molecule has 1 aromatic carbocycles. The van der Waals surface area contributed by atoms with Crippen molar-refractivity contribution >= 4 is 18.0 Å². The Morgan fingerprint density at radius 2 is 1.80 bits per heavy atom. The van der Waals surface area contributed by atoms with E-state index in [1.807, 2.05) is 30.3 Å². The highest BCUT2D eigenvalue weighted by Gasteiger charge is 2.41. The summed E-state index contributed by atoms with van der Waals surface area (Å²) >= 11 is 0. The molecule has 0 aliphatic carbocycles. The molecule has 7 heteroatoms. The molecular formula is C18H24N2O5. The highest BCUT2D eigenvalue weighted by atomic mass is 16.6. The van der Waals surface area contributed by atoms with E-state index < -0.39 is 23.6 Å². The Morgan fingerprint density at radius 1 is 1.16 bits per heavy atom. The van der Waals surface area contributed by atoms with Crippen LogP contribution in [-0.2, 0) is 16.1 Å². The first-order valence-corrected chi connectivity index (χ1v) is 8.19. The van der Waals surface area contributed by atoms with Crippen molar-refractivity contribution in [3.05, 3.63) is 35.9 Å². The molecule has 1 fully saturated rings. The highest BCUT2D eigenvalue weighted by Crippen LogP contribution is 2.23. The molecule has 136 valence electrons. The zero-order valence-corrected chi connectivity index (χ0v) is 14.8. The van der Waals surface area contributed by atoms with E-state index >= 15 is 0 Å². The van der Waals surface area contributed by atoms with Crippen LogP contribution in [0.1, 0.15) is 26.3 Å². The number of rotatable bonds is 3. The van der Waals surface area contributed by atoms with Gasteiger partial charge in [-0.3, -0.25) is 9.69 Å². The van der Waals surface area contributed by atoms with Crippen LogP contribution in [0.5, 0.6) is 0 Å². The van der Waals surface area contributed by atoms with Crippen molar-refractivity contribution in [3.8, 4) is 0 Å². The number of carbonyl (C=O) groups is 3. The molecule has 0 spiro atoms. The minimum atomic E-state index is -1.15. The zero-order valence-electron chi connectivity index (χ0n) is 14.8. The van der Waals surface area contributed by atoms with E-state index in [2.05, 4.69) is 0 Å². The summed E-state index contributed by atoms with van der Waals surface area (Å²) in [6, 6.07) is 8.40. The molecule has 1 atom stereocenters. The van der Waals surface area contributed by atoms with E-state index in [0.29, 0.717) is 0 Å². The summed E-state index contributed by atoms with van der Waals surface area (Å²) in [7, 11) is 0. The van der Waals surface area contributed by atoms with E-state index in [1.54, 1.807) is 20.8 Å². The Labute approximate surface area is 147 Å². The van der Waals surface area contributed by atoms with Gasteiger partial charge in [-0.2, -0.15) is 0 Å². The van der Waals surface area contributed by atoms with Gasteiger partial charge in [-0.25, -0.2) is 9.59 Å². The lowest BCUT2D eigenvalue weighted by Gasteiger charge is -2.40. The van der Waals surface area contributed by atoms with Crippen LogP contribution in [0.25, 0.3) is 0 Å². The molecule has 1 heterocycles. The van der Waals surface area contributed by atoms with Crippen LogP contribution < -0.4 is 0 Å². The van der Waals surface area contributed by atoms with Gasteiger partial charge < -0.3 is 14.7 Å².